The largest absolute Gasteiger partial charge is 0.0628 e. The van der Waals surface area contributed by atoms with Crippen LogP contribution in [0.15, 0.2) is 0 Å². The van der Waals surface area contributed by atoms with Crippen molar-refractivity contribution in [2.45, 2.75) is 118 Å². The molecule has 0 nitrogen and oxygen atoms in total. The lowest BCUT2D eigenvalue weighted by Gasteiger charge is -2.61. The monoisotopic (exact) mass is 372 g/mol. The van der Waals surface area contributed by atoms with Crippen LogP contribution in [0.25, 0.3) is 0 Å². The molecule has 4 rings (SSSR count). The van der Waals surface area contributed by atoms with E-state index in [0.717, 1.165) is 41.4 Å². The van der Waals surface area contributed by atoms with Gasteiger partial charge in [-0.15, -0.1) is 0 Å². The summed E-state index contributed by atoms with van der Waals surface area (Å²) in [5.74, 6) is 7.15. The van der Waals surface area contributed by atoms with E-state index >= 15 is 0 Å². The van der Waals surface area contributed by atoms with Gasteiger partial charge in [-0.1, -0.05) is 66.7 Å². The lowest BCUT2D eigenvalue weighted by molar-refractivity contribution is -0.114. The van der Waals surface area contributed by atoms with E-state index in [1.165, 1.54) is 32.1 Å². The van der Waals surface area contributed by atoms with Gasteiger partial charge in [0.2, 0.25) is 0 Å². The topological polar surface area (TPSA) is 0 Å². The van der Waals surface area contributed by atoms with Crippen LogP contribution < -0.4 is 0 Å². The second kappa shape index (κ2) is 7.68. The van der Waals surface area contributed by atoms with Crippen LogP contribution in [-0.2, 0) is 0 Å². The van der Waals surface area contributed by atoms with Crippen LogP contribution in [0.2, 0.25) is 0 Å². The summed E-state index contributed by atoms with van der Waals surface area (Å²) in [4.78, 5) is 0. The first-order valence-corrected chi connectivity index (χ1v) is 12.9. The minimum Gasteiger partial charge on any atom is -0.0628 e. The van der Waals surface area contributed by atoms with Crippen LogP contribution in [0.4, 0.5) is 0 Å². The van der Waals surface area contributed by atoms with E-state index in [1.807, 2.05) is 0 Å². The summed E-state index contributed by atoms with van der Waals surface area (Å²) in [6.45, 7) is 12.9. The fourth-order valence-electron chi connectivity index (χ4n) is 9.32. The predicted molar refractivity (Wildman–Crippen MR) is 118 cm³/mol. The average Bonchev–Trinajstić information content (AvgIpc) is 2.98. The van der Waals surface area contributed by atoms with Gasteiger partial charge in [0, 0.05) is 0 Å². The Morgan fingerprint density at radius 3 is 2.30 bits per heavy atom. The number of fused-ring (bicyclic) bond motifs is 5. The van der Waals surface area contributed by atoms with Gasteiger partial charge >= 0.3 is 0 Å². The van der Waals surface area contributed by atoms with E-state index in [1.54, 1.807) is 51.4 Å². The Morgan fingerprint density at radius 2 is 1.52 bits per heavy atom. The molecule has 4 aliphatic rings. The van der Waals surface area contributed by atoms with Crippen LogP contribution in [-0.4, -0.2) is 0 Å². The summed E-state index contributed by atoms with van der Waals surface area (Å²) in [7, 11) is 0. The first-order chi connectivity index (χ1) is 12.9. The van der Waals surface area contributed by atoms with E-state index in [4.69, 9.17) is 0 Å². The van der Waals surface area contributed by atoms with Gasteiger partial charge in [-0.2, -0.15) is 0 Å². The molecule has 0 heteroatoms. The van der Waals surface area contributed by atoms with E-state index in [9.17, 15) is 0 Å². The molecule has 8 atom stereocenters. The number of hydrogen-bond acceptors (Lipinski definition) is 0. The highest BCUT2D eigenvalue weighted by Crippen LogP contribution is 2.68. The SMILES string of the molecule is CC(C)CCC[C@H](C)[C@@H]1CC[C@@H]2[C@@H]3CC[C@H]4CCCC[C@]4(C)[C@H]3CC[C@]21C. The molecule has 0 aromatic carbocycles. The Balaban J connectivity index is 1.46. The molecule has 0 heterocycles. The van der Waals surface area contributed by atoms with Crippen LogP contribution in [0.3, 0.4) is 0 Å². The van der Waals surface area contributed by atoms with Crippen molar-refractivity contribution in [2.75, 3.05) is 0 Å². The molecule has 156 valence electrons. The van der Waals surface area contributed by atoms with Crippen molar-refractivity contribution in [2.24, 2.45) is 52.3 Å². The summed E-state index contributed by atoms with van der Waals surface area (Å²) in [6, 6.07) is 0. The highest BCUT2D eigenvalue weighted by Gasteiger charge is 2.59. The van der Waals surface area contributed by atoms with E-state index in [2.05, 4.69) is 34.6 Å². The van der Waals surface area contributed by atoms with Gasteiger partial charge in [0.15, 0.2) is 0 Å². The Labute approximate surface area is 170 Å². The van der Waals surface area contributed by atoms with Crippen LogP contribution in [0.5, 0.6) is 0 Å². The highest BCUT2D eigenvalue weighted by atomic mass is 14.6. The first-order valence-electron chi connectivity index (χ1n) is 12.9. The van der Waals surface area contributed by atoms with Gasteiger partial charge in [-0.25, -0.2) is 0 Å². The zero-order chi connectivity index (χ0) is 19.2. The number of hydrogen-bond donors (Lipinski definition) is 0. The van der Waals surface area contributed by atoms with Gasteiger partial charge in [-0.05, 0) is 104 Å². The Bertz CT molecular complexity index is 506. The van der Waals surface area contributed by atoms with Gasteiger partial charge in [0.1, 0.15) is 0 Å². The molecule has 0 N–H and O–H groups in total. The third-order valence-electron chi connectivity index (χ3n) is 10.8. The second-order valence-electron chi connectivity index (χ2n) is 12.4. The molecule has 0 aromatic rings. The quantitative estimate of drug-likeness (QED) is 0.453. The predicted octanol–water partition coefficient (Wildman–Crippen LogP) is 8.50. The van der Waals surface area contributed by atoms with Crippen molar-refractivity contribution in [1.82, 2.24) is 0 Å². The molecule has 0 spiro atoms. The van der Waals surface area contributed by atoms with Crippen molar-refractivity contribution in [3.63, 3.8) is 0 Å². The molecular weight excluding hydrogens is 324 g/mol. The van der Waals surface area contributed by atoms with Crippen LogP contribution in [0.1, 0.15) is 118 Å². The standard InChI is InChI=1S/C27H48/c1-19(2)9-8-10-20(3)23-14-15-24-22-13-12-21-11-6-7-17-26(21,4)25(22)16-18-27(23,24)5/h19-25H,6-18H2,1-5H3/t20-,21+,22-,23-,24+,25-,26-,27-/m0/s1. The smallest absolute Gasteiger partial charge is 0.0264 e. The molecule has 4 aliphatic carbocycles. The molecule has 4 fully saturated rings. The Kier molecular flexibility index (Phi) is 5.77. The molecule has 0 radical (unpaired) electrons. The summed E-state index contributed by atoms with van der Waals surface area (Å²) in [5, 5.41) is 0. The molecule has 0 amide bonds. The van der Waals surface area contributed by atoms with Gasteiger partial charge < -0.3 is 0 Å². The normalized spacial score (nSPS) is 48.0. The van der Waals surface area contributed by atoms with Crippen LogP contribution >= 0.6 is 0 Å². The highest BCUT2D eigenvalue weighted by molar-refractivity contribution is 5.09. The molecule has 0 aromatic heterocycles. The van der Waals surface area contributed by atoms with Crippen molar-refractivity contribution < 1.29 is 0 Å². The minimum atomic E-state index is 0.677. The van der Waals surface area contributed by atoms with E-state index in [-0.39, 0.29) is 0 Å². The lowest BCUT2D eigenvalue weighted by Crippen LogP contribution is -2.53. The third kappa shape index (κ3) is 3.44. The van der Waals surface area contributed by atoms with E-state index in [0.29, 0.717) is 10.8 Å². The molecule has 27 heavy (non-hydrogen) atoms. The lowest BCUT2D eigenvalue weighted by atomic mass is 9.44. The fourth-order valence-corrected chi connectivity index (χ4v) is 9.32. The molecule has 0 saturated heterocycles. The summed E-state index contributed by atoms with van der Waals surface area (Å²) >= 11 is 0. The fraction of sp³-hybridized carbons (Fsp3) is 1.00. The Morgan fingerprint density at radius 1 is 0.741 bits per heavy atom. The molecule has 0 bridgehead atoms. The van der Waals surface area contributed by atoms with Gasteiger partial charge in [-0.3, -0.25) is 0 Å². The van der Waals surface area contributed by atoms with E-state index < -0.39 is 0 Å². The number of rotatable bonds is 5. The first kappa shape index (κ1) is 20.3. The zero-order valence-corrected chi connectivity index (χ0v) is 19.2. The van der Waals surface area contributed by atoms with Crippen molar-refractivity contribution in [3.05, 3.63) is 0 Å². The van der Waals surface area contributed by atoms with Crippen molar-refractivity contribution in [3.8, 4) is 0 Å². The van der Waals surface area contributed by atoms with Crippen molar-refractivity contribution >= 4 is 0 Å². The molecular formula is C27H48. The Hall–Kier alpha value is 0. The van der Waals surface area contributed by atoms with Crippen LogP contribution in [0, 0.1) is 52.3 Å². The maximum atomic E-state index is 2.75. The summed E-state index contributed by atoms with van der Waals surface area (Å²) in [6.07, 6.45) is 19.9. The molecule has 0 unspecified atom stereocenters. The van der Waals surface area contributed by atoms with Gasteiger partial charge in [0.05, 0.1) is 0 Å². The van der Waals surface area contributed by atoms with Gasteiger partial charge in [0.25, 0.3) is 0 Å². The minimum absolute atomic E-state index is 0.677. The van der Waals surface area contributed by atoms with Crippen molar-refractivity contribution in [1.29, 1.82) is 0 Å². The average molecular weight is 373 g/mol. The second-order valence-corrected chi connectivity index (χ2v) is 12.4. The molecule has 4 saturated carbocycles. The summed E-state index contributed by atoms with van der Waals surface area (Å²) < 4.78 is 0. The third-order valence-corrected chi connectivity index (χ3v) is 10.8. The zero-order valence-electron chi connectivity index (χ0n) is 19.2. The molecule has 0 aliphatic heterocycles. The maximum absolute atomic E-state index is 2.75. The maximum Gasteiger partial charge on any atom is -0.0264 e. The summed E-state index contributed by atoms with van der Waals surface area (Å²) in [5.41, 5.74) is 1.39.